The molecule has 0 spiro atoms. The molecule has 2 bridgehead atoms. The zero-order chi connectivity index (χ0) is 38.2. The minimum atomic E-state index is -0.958. The number of piperazine rings is 1. The number of nitrogens with zero attached hydrogens (tertiary/aromatic N) is 7. The van der Waals surface area contributed by atoms with E-state index in [1.54, 1.807) is 17.9 Å². The van der Waals surface area contributed by atoms with Crippen molar-refractivity contribution in [1.29, 1.82) is 0 Å². The summed E-state index contributed by atoms with van der Waals surface area (Å²) in [7, 11) is 1.73. The van der Waals surface area contributed by atoms with Gasteiger partial charge < -0.3 is 25.2 Å². The van der Waals surface area contributed by atoms with Gasteiger partial charge in [-0.2, -0.15) is 15.1 Å². The van der Waals surface area contributed by atoms with Crippen molar-refractivity contribution in [3.8, 4) is 35.2 Å². The molecule has 0 saturated carbocycles. The second-order valence-corrected chi connectivity index (χ2v) is 15.4. The third kappa shape index (κ3) is 5.93. The van der Waals surface area contributed by atoms with Crippen molar-refractivity contribution in [3.63, 3.8) is 0 Å². The number of phenols is 1. The number of hydrogen-bond acceptors (Lipinski definition) is 10. The number of aromatic nitrogens is 4. The van der Waals surface area contributed by atoms with Crippen molar-refractivity contribution in [1.82, 2.24) is 29.5 Å². The molecule has 1 amide bonds. The predicted octanol–water partition coefficient (Wildman–Crippen LogP) is 5.40. The van der Waals surface area contributed by atoms with Crippen LogP contribution in [0.1, 0.15) is 44.1 Å². The Morgan fingerprint density at radius 2 is 1.93 bits per heavy atom. The van der Waals surface area contributed by atoms with E-state index in [0.717, 1.165) is 32.2 Å². The Balaban J connectivity index is 1.22. The van der Waals surface area contributed by atoms with E-state index in [4.69, 9.17) is 36.7 Å². The number of anilines is 1. The second-order valence-electron chi connectivity index (χ2n) is 15.4. The minimum absolute atomic E-state index is 0.00398. The molecule has 4 fully saturated rings. The van der Waals surface area contributed by atoms with Crippen molar-refractivity contribution in [3.05, 3.63) is 47.7 Å². The molecule has 4 aliphatic rings. The van der Waals surface area contributed by atoms with Crippen molar-refractivity contribution in [2.75, 3.05) is 50.8 Å². The molecule has 3 N–H and O–H groups in total. The maximum atomic E-state index is 17.8. The first kappa shape index (κ1) is 35.4. The predicted molar refractivity (Wildman–Crippen MR) is 201 cm³/mol. The van der Waals surface area contributed by atoms with Gasteiger partial charge in [-0.25, -0.2) is 18.0 Å². The summed E-state index contributed by atoms with van der Waals surface area (Å²) in [5.41, 5.74) is 5.01. The highest BCUT2D eigenvalue weighted by Crippen LogP contribution is 2.47. The van der Waals surface area contributed by atoms with Crippen LogP contribution in [0.3, 0.4) is 0 Å². The van der Waals surface area contributed by atoms with E-state index in [0.29, 0.717) is 61.0 Å². The summed E-state index contributed by atoms with van der Waals surface area (Å²) in [4.78, 5) is 27.6. The summed E-state index contributed by atoms with van der Waals surface area (Å²) in [5, 5.41) is 17.3. The largest absolute Gasteiger partial charge is 0.508 e. The van der Waals surface area contributed by atoms with Gasteiger partial charge in [-0.3, -0.25) is 14.5 Å². The molecule has 6 heterocycles. The Bertz CT molecular complexity index is 2400. The lowest BCUT2D eigenvalue weighted by Crippen LogP contribution is -2.54. The molecule has 15 heteroatoms. The lowest BCUT2D eigenvalue weighted by molar-refractivity contribution is 0.107. The quantitative estimate of drug-likeness (QED) is 0.149. The fourth-order valence-corrected chi connectivity index (χ4v) is 9.80. The molecule has 3 aromatic carbocycles. The zero-order valence-electron chi connectivity index (χ0n) is 30.4. The van der Waals surface area contributed by atoms with Crippen molar-refractivity contribution < 1.29 is 32.5 Å². The molecular formula is C40H41F3N8O4. The third-order valence-corrected chi connectivity index (χ3v) is 12.0. The number of primary amides is 1. The highest BCUT2D eigenvalue weighted by molar-refractivity contribution is 6.18. The van der Waals surface area contributed by atoms with Crippen LogP contribution >= 0.6 is 0 Å². The number of alkyl halides is 1. The van der Waals surface area contributed by atoms with Gasteiger partial charge in [-0.1, -0.05) is 12.0 Å². The van der Waals surface area contributed by atoms with Gasteiger partial charge >= 0.3 is 12.1 Å². The number of aromatic hydroxyl groups is 1. The second kappa shape index (κ2) is 13.5. The number of hydrogen-bond donors (Lipinski definition) is 2. The topological polar surface area (TPSA) is 135 Å². The summed E-state index contributed by atoms with van der Waals surface area (Å²) >= 11 is 0. The molecule has 286 valence electrons. The van der Waals surface area contributed by atoms with E-state index in [9.17, 15) is 14.3 Å². The molecule has 2 aromatic heterocycles. The van der Waals surface area contributed by atoms with E-state index in [1.165, 1.54) is 24.3 Å². The fourth-order valence-electron chi connectivity index (χ4n) is 9.80. The van der Waals surface area contributed by atoms with Gasteiger partial charge in [0.05, 0.1) is 23.1 Å². The summed E-state index contributed by atoms with van der Waals surface area (Å²) in [6.07, 6.45) is 10.3. The van der Waals surface area contributed by atoms with Crippen molar-refractivity contribution in [2.45, 2.75) is 62.3 Å². The lowest BCUT2D eigenvalue weighted by atomic mass is 9.91. The summed E-state index contributed by atoms with van der Waals surface area (Å²) in [6.45, 7) is 3.64. The van der Waals surface area contributed by atoms with Crippen LogP contribution in [-0.2, 0) is 11.8 Å². The first-order valence-corrected chi connectivity index (χ1v) is 18.8. The van der Waals surface area contributed by atoms with Gasteiger partial charge in [0.15, 0.2) is 5.82 Å². The first-order valence-electron chi connectivity index (χ1n) is 18.8. The smallest absolute Gasteiger partial charge is 0.404 e. The van der Waals surface area contributed by atoms with Gasteiger partial charge in [-0.05, 0) is 67.8 Å². The Kier molecular flexibility index (Phi) is 8.65. The molecular weight excluding hydrogens is 713 g/mol. The molecule has 55 heavy (non-hydrogen) atoms. The van der Waals surface area contributed by atoms with Crippen LogP contribution in [0.4, 0.5) is 23.8 Å². The van der Waals surface area contributed by atoms with Crippen LogP contribution in [0.25, 0.3) is 43.7 Å². The Labute approximate surface area is 315 Å². The lowest BCUT2D eigenvalue weighted by Gasteiger charge is -2.42. The highest BCUT2D eigenvalue weighted by atomic mass is 19.1. The van der Waals surface area contributed by atoms with E-state index in [-0.39, 0.29) is 70.2 Å². The molecule has 5 aromatic rings. The van der Waals surface area contributed by atoms with E-state index in [1.807, 2.05) is 0 Å². The van der Waals surface area contributed by atoms with Crippen LogP contribution in [0, 0.1) is 24.0 Å². The number of amides is 1. The molecule has 9 rings (SSSR count). The maximum Gasteiger partial charge on any atom is 0.404 e. The Hall–Kier alpha value is -5.33. The number of rotatable bonds is 9. The Morgan fingerprint density at radius 1 is 1.13 bits per heavy atom. The number of terminal acetylenes is 1. The average Bonchev–Trinajstić information content (AvgIpc) is 3.88. The van der Waals surface area contributed by atoms with Crippen LogP contribution in [0.2, 0.25) is 0 Å². The molecule has 12 nitrogen and oxygen atoms in total. The van der Waals surface area contributed by atoms with Gasteiger partial charge in [0.1, 0.15) is 41.2 Å². The summed E-state index contributed by atoms with van der Waals surface area (Å²) < 4.78 is 60.7. The van der Waals surface area contributed by atoms with Crippen molar-refractivity contribution in [2.24, 2.45) is 12.8 Å². The van der Waals surface area contributed by atoms with Gasteiger partial charge in [0, 0.05) is 74.3 Å². The molecule has 0 radical (unpaired) electrons. The Morgan fingerprint density at radius 3 is 2.69 bits per heavy atom. The molecule has 0 aliphatic carbocycles. The number of likely N-dealkylation sites (tertiary alicyclic amines) is 1. The standard InChI is InChI=1S/C40H41F3N8O4/c1-3-27-30(42)9-6-22-14-26(52)15-28(31(22)27)32-34(43)36-33(29-20-48(2)47-35(29)32)37(46-39(45-36)55-21-40-10-4-12-50(40)17-23(41)16-40)51-24-7-8-25(51)19-49(18-24)11-5-13-54-38(44)53/h1,6,9,14-15,20,23-25,52H,4-5,7-8,10-13,16-19,21H2,2H3,(H2,44,53)/t23-,24-,25+,40+/m1/s1. The monoisotopic (exact) mass is 754 g/mol. The number of halogens is 3. The minimum Gasteiger partial charge on any atom is -0.508 e. The fraction of sp³-hybridized carbons (Fsp3) is 0.450. The number of carbonyl (C=O) groups excluding carboxylic acids is 1. The SMILES string of the molecule is C#Cc1c(F)ccc2cc(O)cc(-c3c(F)c4nc(OC[C@@]56CCCN5C[C@H](F)C6)nc(N5[C@@H]6CC[C@H]5CN(CCCOC(N)=O)C6)c4c4cn(C)nc34)c12. The molecule has 0 unspecified atom stereocenters. The van der Waals surface area contributed by atoms with Gasteiger partial charge in [0.2, 0.25) is 0 Å². The van der Waals surface area contributed by atoms with Gasteiger partial charge in [-0.15, -0.1) is 6.42 Å². The number of phenolic OH excluding ortho intramolecular Hbond substituents is 1. The molecule has 4 saturated heterocycles. The maximum absolute atomic E-state index is 17.8. The molecule has 4 atom stereocenters. The summed E-state index contributed by atoms with van der Waals surface area (Å²) in [6, 6.07) is 5.57. The normalized spacial score (nSPS) is 23.9. The number of nitrogens with two attached hydrogens (primary N) is 1. The molecule has 4 aliphatic heterocycles. The van der Waals surface area contributed by atoms with E-state index < -0.39 is 29.4 Å². The number of benzene rings is 3. The number of aryl methyl sites for hydroxylation is 1. The number of carbonyl (C=O) groups is 1. The van der Waals surface area contributed by atoms with Crippen molar-refractivity contribution >= 4 is 44.5 Å². The number of fused-ring (bicyclic) bond motifs is 7. The highest BCUT2D eigenvalue weighted by Gasteiger charge is 2.50. The zero-order valence-corrected chi connectivity index (χ0v) is 30.4. The average molecular weight is 755 g/mol. The van der Waals surface area contributed by atoms with E-state index in [2.05, 4.69) is 20.6 Å². The summed E-state index contributed by atoms with van der Waals surface area (Å²) in [5.74, 6) is 1.37. The van der Waals surface area contributed by atoms with E-state index >= 15 is 8.78 Å². The first-order chi connectivity index (χ1) is 26.5. The number of ether oxygens (including phenoxy) is 2. The van der Waals surface area contributed by atoms with Crippen LogP contribution in [0.15, 0.2) is 30.5 Å². The van der Waals surface area contributed by atoms with Crippen LogP contribution in [0.5, 0.6) is 11.8 Å². The van der Waals surface area contributed by atoms with Crippen LogP contribution in [-0.4, -0.2) is 110 Å². The third-order valence-electron chi connectivity index (χ3n) is 12.0. The van der Waals surface area contributed by atoms with Gasteiger partial charge in [0.25, 0.3) is 0 Å². The van der Waals surface area contributed by atoms with Crippen LogP contribution < -0.4 is 15.4 Å².